The van der Waals surface area contributed by atoms with Crippen molar-refractivity contribution in [2.75, 3.05) is 27.4 Å². The van der Waals surface area contributed by atoms with E-state index in [1.807, 2.05) is 25.1 Å². The van der Waals surface area contributed by atoms with Gasteiger partial charge in [-0.05, 0) is 25.5 Å². The highest BCUT2D eigenvalue weighted by atomic mass is 16.5. The number of hydrogen-bond donors (Lipinski definition) is 1. The number of nitrogens with zero attached hydrogens (tertiary/aromatic N) is 2. The van der Waals surface area contributed by atoms with E-state index in [9.17, 15) is 9.59 Å². The average Bonchev–Trinajstić information content (AvgIpc) is 2.63. The van der Waals surface area contributed by atoms with E-state index < -0.39 is 0 Å². The minimum atomic E-state index is -0.283. The summed E-state index contributed by atoms with van der Waals surface area (Å²) in [6.45, 7) is 3.60. The number of carbonyl (C=O) groups is 1. The number of aromatic nitrogens is 2. The number of rotatable bonds is 9. The molecule has 1 aromatic carbocycles. The maximum Gasteiger partial charge on any atom is 0.305 e. The zero-order valence-corrected chi connectivity index (χ0v) is 14.9. The van der Waals surface area contributed by atoms with Gasteiger partial charge in [-0.3, -0.25) is 14.2 Å². The Hall–Kier alpha value is -2.25. The molecule has 0 saturated carbocycles. The Labute approximate surface area is 147 Å². The Balaban J connectivity index is 2.33. The van der Waals surface area contributed by atoms with E-state index in [4.69, 9.17) is 4.74 Å². The predicted molar refractivity (Wildman–Crippen MR) is 95.5 cm³/mol. The zero-order valence-electron chi connectivity index (χ0n) is 14.9. The van der Waals surface area contributed by atoms with Gasteiger partial charge < -0.3 is 14.8 Å². The van der Waals surface area contributed by atoms with Crippen molar-refractivity contribution in [1.82, 2.24) is 14.9 Å². The van der Waals surface area contributed by atoms with E-state index in [2.05, 4.69) is 15.0 Å². The third kappa shape index (κ3) is 4.87. The van der Waals surface area contributed by atoms with Crippen LogP contribution >= 0.6 is 0 Å². The van der Waals surface area contributed by atoms with Gasteiger partial charge >= 0.3 is 5.97 Å². The molecule has 0 fully saturated rings. The second-order valence-electron chi connectivity index (χ2n) is 5.79. The van der Waals surface area contributed by atoms with E-state index in [0.717, 1.165) is 0 Å². The number of fused-ring (bicyclic) bond motifs is 1. The lowest BCUT2D eigenvalue weighted by Crippen LogP contribution is -2.32. The van der Waals surface area contributed by atoms with Crippen LogP contribution in [0.5, 0.6) is 0 Å². The van der Waals surface area contributed by atoms with Crippen LogP contribution in [0.15, 0.2) is 29.1 Å². The van der Waals surface area contributed by atoms with Crippen LogP contribution in [0.4, 0.5) is 0 Å². The topological polar surface area (TPSA) is 82.5 Å². The van der Waals surface area contributed by atoms with Gasteiger partial charge in [0.2, 0.25) is 0 Å². The van der Waals surface area contributed by atoms with Crippen LogP contribution in [-0.2, 0) is 20.8 Å². The Morgan fingerprint density at radius 3 is 2.80 bits per heavy atom. The summed E-state index contributed by atoms with van der Waals surface area (Å²) in [5.41, 5.74) is 0.581. The molecule has 0 unspecified atom stereocenters. The van der Waals surface area contributed by atoms with Gasteiger partial charge in [0.15, 0.2) is 0 Å². The first kappa shape index (κ1) is 19.1. The minimum absolute atomic E-state index is 0.0918. The molecule has 1 heterocycles. The Bertz CT molecular complexity index is 772. The molecule has 2 aromatic rings. The van der Waals surface area contributed by atoms with E-state index >= 15 is 0 Å². The second-order valence-corrected chi connectivity index (χ2v) is 5.79. The summed E-state index contributed by atoms with van der Waals surface area (Å²) < 4.78 is 11.4. The first-order chi connectivity index (χ1) is 12.1. The molecule has 0 amide bonds. The number of nitrogens with one attached hydrogen (secondary N) is 1. The molecule has 1 N–H and O–H groups in total. The molecule has 1 atom stereocenters. The maximum absolute atomic E-state index is 12.9. The lowest BCUT2D eigenvalue weighted by atomic mass is 10.2. The molecule has 0 aliphatic carbocycles. The fourth-order valence-electron chi connectivity index (χ4n) is 2.68. The molecule has 7 nitrogen and oxygen atoms in total. The molecule has 0 spiro atoms. The molecule has 0 bridgehead atoms. The van der Waals surface area contributed by atoms with Gasteiger partial charge in [0.05, 0.1) is 30.7 Å². The van der Waals surface area contributed by atoms with Crippen LogP contribution in [0.25, 0.3) is 10.9 Å². The lowest BCUT2D eigenvalue weighted by molar-refractivity contribution is -0.140. The highest BCUT2D eigenvalue weighted by Crippen LogP contribution is 2.14. The molecule has 0 aliphatic heterocycles. The van der Waals surface area contributed by atoms with Crippen molar-refractivity contribution in [3.05, 3.63) is 40.4 Å². The maximum atomic E-state index is 12.9. The normalized spacial score (nSPS) is 12.3. The van der Waals surface area contributed by atoms with Crippen LogP contribution in [0.2, 0.25) is 0 Å². The Kier molecular flexibility index (Phi) is 7.09. The van der Waals surface area contributed by atoms with Gasteiger partial charge in [0.25, 0.3) is 5.56 Å². The highest BCUT2D eigenvalue weighted by molar-refractivity contribution is 5.77. The number of esters is 1. The fraction of sp³-hybridized carbons (Fsp3) is 0.500. The van der Waals surface area contributed by atoms with Gasteiger partial charge in [-0.25, -0.2) is 4.98 Å². The minimum Gasteiger partial charge on any atom is -0.469 e. The van der Waals surface area contributed by atoms with Crippen molar-refractivity contribution in [3.63, 3.8) is 0 Å². The van der Waals surface area contributed by atoms with E-state index in [-0.39, 0.29) is 24.0 Å². The first-order valence-electron chi connectivity index (χ1n) is 8.37. The smallest absolute Gasteiger partial charge is 0.305 e. The number of methoxy groups -OCH3 is 2. The molecular formula is C18H25N3O4. The lowest BCUT2D eigenvalue weighted by Gasteiger charge is -2.19. The molecule has 136 valence electrons. The third-order valence-corrected chi connectivity index (χ3v) is 4.03. The number of hydrogen-bond acceptors (Lipinski definition) is 6. The first-order valence-corrected chi connectivity index (χ1v) is 8.37. The second kappa shape index (κ2) is 9.29. The SMILES string of the molecule is COCCN[C@@H](C)c1nc2ccccc2c(=O)n1CCCC(=O)OC. The molecule has 0 saturated heterocycles. The van der Waals surface area contributed by atoms with E-state index in [0.29, 0.717) is 42.8 Å². The Morgan fingerprint density at radius 1 is 1.32 bits per heavy atom. The summed E-state index contributed by atoms with van der Waals surface area (Å²) in [7, 11) is 3.00. The van der Waals surface area contributed by atoms with Crippen LogP contribution in [0.3, 0.4) is 0 Å². The largest absolute Gasteiger partial charge is 0.469 e. The zero-order chi connectivity index (χ0) is 18.2. The predicted octanol–water partition coefficient (Wildman–Crippen LogP) is 1.65. The number of para-hydroxylation sites is 1. The van der Waals surface area contributed by atoms with E-state index in [1.165, 1.54) is 7.11 Å². The average molecular weight is 347 g/mol. The quantitative estimate of drug-likeness (QED) is 0.549. The van der Waals surface area contributed by atoms with Gasteiger partial charge in [-0.2, -0.15) is 0 Å². The summed E-state index contributed by atoms with van der Waals surface area (Å²) in [6, 6.07) is 7.17. The summed E-state index contributed by atoms with van der Waals surface area (Å²) in [6.07, 6.45) is 0.783. The van der Waals surface area contributed by atoms with Crippen molar-refractivity contribution in [2.45, 2.75) is 32.4 Å². The van der Waals surface area contributed by atoms with Gasteiger partial charge in [-0.1, -0.05) is 12.1 Å². The number of ether oxygens (including phenoxy) is 2. The summed E-state index contributed by atoms with van der Waals surface area (Å²) in [5, 5.41) is 3.88. The van der Waals surface area contributed by atoms with Gasteiger partial charge in [0.1, 0.15) is 5.82 Å². The van der Waals surface area contributed by atoms with Crippen LogP contribution in [0.1, 0.15) is 31.6 Å². The van der Waals surface area contributed by atoms with Crippen LogP contribution < -0.4 is 10.9 Å². The summed E-state index contributed by atoms with van der Waals surface area (Å²) >= 11 is 0. The summed E-state index contributed by atoms with van der Waals surface area (Å²) in [4.78, 5) is 28.9. The highest BCUT2D eigenvalue weighted by Gasteiger charge is 2.16. The fourth-order valence-corrected chi connectivity index (χ4v) is 2.68. The molecule has 1 aromatic heterocycles. The summed E-state index contributed by atoms with van der Waals surface area (Å²) in [5.74, 6) is 0.374. The molecule has 0 radical (unpaired) electrons. The molecular weight excluding hydrogens is 322 g/mol. The standard InChI is InChI=1S/C18H25N3O4/c1-13(19-10-12-24-2)17-20-15-8-5-4-7-14(15)18(23)21(17)11-6-9-16(22)25-3/h4-5,7-8,13,19H,6,9-12H2,1-3H3/t13-/m0/s1. The van der Waals surface area contributed by atoms with Crippen molar-refractivity contribution in [2.24, 2.45) is 0 Å². The molecule has 7 heteroatoms. The van der Waals surface area contributed by atoms with Crippen molar-refractivity contribution < 1.29 is 14.3 Å². The van der Waals surface area contributed by atoms with Crippen molar-refractivity contribution >= 4 is 16.9 Å². The van der Waals surface area contributed by atoms with Crippen LogP contribution in [-0.4, -0.2) is 42.9 Å². The number of carbonyl (C=O) groups excluding carboxylic acids is 1. The van der Waals surface area contributed by atoms with Crippen molar-refractivity contribution in [3.8, 4) is 0 Å². The molecule has 0 aliphatic rings. The molecule has 2 rings (SSSR count). The van der Waals surface area contributed by atoms with Gasteiger partial charge in [-0.15, -0.1) is 0 Å². The van der Waals surface area contributed by atoms with Crippen molar-refractivity contribution in [1.29, 1.82) is 0 Å². The molecule has 25 heavy (non-hydrogen) atoms. The Morgan fingerprint density at radius 2 is 2.08 bits per heavy atom. The monoisotopic (exact) mass is 347 g/mol. The van der Waals surface area contributed by atoms with Gasteiger partial charge in [0, 0.05) is 26.6 Å². The van der Waals surface area contributed by atoms with E-state index in [1.54, 1.807) is 17.7 Å². The third-order valence-electron chi connectivity index (χ3n) is 4.03. The van der Waals surface area contributed by atoms with Crippen LogP contribution in [0, 0.1) is 0 Å². The number of benzene rings is 1.